The SMILES string of the molecule is C[C@@H](O)C[C@@H](O)C[C@@H]1CC=CC(=O)O1. The predicted octanol–water partition coefficient (Wildman–Crippen LogP) is 0.380. The second-order valence-corrected chi connectivity index (χ2v) is 3.67. The maximum atomic E-state index is 10.8. The van der Waals surface area contributed by atoms with Crippen molar-refractivity contribution in [2.24, 2.45) is 0 Å². The van der Waals surface area contributed by atoms with Crippen molar-refractivity contribution in [2.45, 2.75) is 44.5 Å². The predicted molar refractivity (Wildman–Crippen MR) is 50.6 cm³/mol. The molecule has 2 N–H and O–H groups in total. The lowest BCUT2D eigenvalue weighted by Gasteiger charge is -2.21. The Labute approximate surface area is 83.2 Å². The molecule has 0 radical (unpaired) electrons. The van der Waals surface area contributed by atoms with Crippen LogP contribution in [0.4, 0.5) is 0 Å². The Bertz CT molecular complexity index is 222. The minimum Gasteiger partial charge on any atom is -0.459 e. The molecule has 0 spiro atoms. The number of ether oxygens (including phenoxy) is 1. The fourth-order valence-electron chi connectivity index (χ4n) is 1.51. The molecule has 1 aliphatic rings. The van der Waals surface area contributed by atoms with E-state index in [1.165, 1.54) is 6.08 Å². The summed E-state index contributed by atoms with van der Waals surface area (Å²) >= 11 is 0. The summed E-state index contributed by atoms with van der Waals surface area (Å²) in [6.45, 7) is 1.62. The van der Waals surface area contributed by atoms with E-state index in [9.17, 15) is 9.90 Å². The van der Waals surface area contributed by atoms with Crippen LogP contribution >= 0.6 is 0 Å². The van der Waals surface area contributed by atoms with E-state index in [2.05, 4.69) is 0 Å². The molecule has 4 heteroatoms. The van der Waals surface area contributed by atoms with Gasteiger partial charge in [-0.2, -0.15) is 0 Å². The minimum atomic E-state index is -0.612. The van der Waals surface area contributed by atoms with Crippen LogP contribution in [0.2, 0.25) is 0 Å². The molecule has 0 fully saturated rings. The third kappa shape index (κ3) is 3.89. The van der Waals surface area contributed by atoms with E-state index in [1.54, 1.807) is 13.0 Å². The number of hydrogen-bond acceptors (Lipinski definition) is 4. The van der Waals surface area contributed by atoms with Gasteiger partial charge in [-0.1, -0.05) is 6.08 Å². The highest BCUT2D eigenvalue weighted by Crippen LogP contribution is 2.15. The Hall–Kier alpha value is -0.870. The third-order valence-electron chi connectivity index (χ3n) is 2.08. The van der Waals surface area contributed by atoms with Crippen LogP contribution in [0.1, 0.15) is 26.2 Å². The molecule has 0 saturated carbocycles. The molecule has 0 aromatic heterocycles. The van der Waals surface area contributed by atoms with Crippen LogP contribution in [-0.2, 0) is 9.53 Å². The van der Waals surface area contributed by atoms with Gasteiger partial charge in [0.15, 0.2) is 0 Å². The van der Waals surface area contributed by atoms with Gasteiger partial charge in [-0.3, -0.25) is 0 Å². The normalized spacial score (nSPS) is 25.6. The Morgan fingerprint density at radius 3 is 2.93 bits per heavy atom. The monoisotopic (exact) mass is 200 g/mol. The maximum Gasteiger partial charge on any atom is 0.330 e. The fourth-order valence-corrected chi connectivity index (χ4v) is 1.51. The summed E-state index contributed by atoms with van der Waals surface area (Å²) in [5.74, 6) is -0.356. The van der Waals surface area contributed by atoms with Gasteiger partial charge in [0, 0.05) is 18.9 Å². The Kier molecular flexibility index (Phi) is 4.10. The minimum absolute atomic E-state index is 0.249. The zero-order chi connectivity index (χ0) is 10.6. The van der Waals surface area contributed by atoms with E-state index in [4.69, 9.17) is 9.84 Å². The molecule has 1 aliphatic heterocycles. The van der Waals surface area contributed by atoms with Gasteiger partial charge in [0.25, 0.3) is 0 Å². The van der Waals surface area contributed by atoms with Crippen LogP contribution in [0, 0.1) is 0 Å². The first kappa shape index (κ1) is 11.2. The summed E-state index contributed by atoms with van der Waals surface area (Å²) in [5.41, 5.74) is 0. The van der Waals surface area contributed by atoms with Crippen molar-refractivity contribution in [2.75, 3.05) is 0 Å². The summed E-state index contributed by atoms with van der Waals surface area (Å²) < 4.78 is 4.97. The highest BCUT2D eigenvalue weighted by atomic mass is 16.5. The van der Waals surface area contributed by atoms with Gasteiger partial charge in [0.1, 0.15) is 6.10 Å². The average molecular weight is 200 g/mol. The summed E-state index contributed by atoms with van der Waals surface area (Å²) in [4.78, 5) is 10.8. The van der Waals surface area contributed by atoms with E-state index in [0.29, 0.717) is 19.3 Å². The van der Waals surface area contributed by atoms with Crippen LogP contribution in [0.3, 0.4) is 0 Å². The molecule has 0 aromatic carbocycles. The largest absolute Gasteiger partial charge is 0.459 e. The van der Waals surface area contributed by atoms with Crippen LogP contribution in [0.15, 0.2) is 12.2 Å². The van der Waals surface area contributed by atoms with Gasteiger partial charge in [0.2, 0.25) is 0 Å². The summed E-state index contributed by atoms with van der Waals surface area (Å²) in [7, 11) is 0. The first-order valence-electron chi connectivity index (χ1n) is 4.81. The van der Waals surface area contributed by atoms with Crippen molar-refractivity contribution in [3.05, 3.63) is 12.2 Å². The van der Waals surface area contributed by atoms with Gasteiger partial charge >= 0.3 is 5.97 Å². The lowest BCUT2D eigenvalue weighted by Crippen LogP contribution is -2.26. The van der Waals surface area contributed by atoms with Crippen LogP contribution in [0.25, 0.3) is 0 Å². The quantitative estimate of drug-likeness (QED) is 0.644. The van der Waals surface area contributed by atoms with Crippen molar-refractivity contribution in [3.63, 3.8) is 0 Å². The summed E-state index contributed by atoms with van der Waals surface area (Å²) in [5, 5.41) is 18.5. The molecule has 0 unspecified atom stereocenters. The van der Waals surface area contributed by atoms with Crippen molar-refractivity contribution in [3.8, 4) is 0 Å². The van der Waals surface area contributed by atoms with Crippen molar-refractivity contribution >= 4 is 5.97 Å². The molecule has 1 heterocycles. The zero-order valence-corrected chi connectivity index (χ0v) is 8.22. The van der Waals surface area contributed by atoms with E-state index in [1.807, 2.05) is 0 Å². The highest BCUT2D eigenvalue weighted by molar-refractivity contribution is 5.82. The molecule has 0 amide bonds. The molecule has 1 rings (SSSR count). The second kappa shape index (κ2) is 5.12. The van der Waals surface area contributed by atoms with Crippen LogP contribution in [0.5, 0.6) is 0 Å². The molecule has 0 saturated heterocycles. The first-order chi connectivity index (χ1) is 6.58. The number of aliphatic hydroxyl groups excluding tert-OH is 2. The molecule has 0 bridgehead atoms. The number of cyclic esters (lactones) is 1. The molecule has 0 aliphatic carbocycles. The number of esters is 1. The highest BCUT2D eigenvalue weighted by Gasteiger charge is 2.20. The Balaban J connectivity index is 2.30. The lowest BCUT2D eigenvalue weighted by molar-refractivity contribution is -0.145. The van der Waals surface area contributed by atoms with Crippen molar-refractivity contribution in [1.82, 2.24) is 0 Å². The van der Waals surface area contributed by atoms with Gasteiger partial charge in [-0.15, -0.1) is 0 Å². The molecule has 0 aromatic rings. The second-order valence-electron chi connectivity index (χ2n) is 3.67. The van der Waals surface area contributed by atoms with E-state index in [-0.39, 0.29) is 12.1 Å². The number of aliphatic hydroxyl groups is 2. The van der Waals surface area contributed by atoms with Gasteiger partial charge in [-0.05, 0) is 13.3 Å². The molecule has 3 atom stereocenters. The maximum absolute atomic E-state index is 10.8. The zero-order valence-electron chi connectivity index (χ0n) is 8.22. The van der Waals surface area contributed by atoms with E-state index < -0.39 is 12.2 Å². The van der Waals surface area contributed by atoms with Gasteiger partial charge in [0.05, 0.1) is 12.2 Å². The Morgan fingerprint density at radius 2 is 2.36 bits per heavy atom. The number of hydrogen-bond donors (Lipinski definition) is 2. The Morgan fingerprint density at radius 1 is 1.64 bits per heavy atom. The number of carbonyl (C=O) groups excluding carboxylic acids is 1. The smallest absolute Gasteiger partial charge is 0.330 e. The molecule has 14 heavy (non-hydrogen) atoms. The fraction of sp³-hybridized carbons (Fsp3) is 0.700. The van der Waals surface area contributed by atoms with Crippen LogP contribution < -0.4 is 0 Å². The number of rotatable bonds is 4. The van der Waals surface area contributed by atoms with Gasteiger partial charge in [-0.25, -0.2) is 4.79 Å². The van der Waals surface area contributed by atoms with Crippen molar-refractivity contribution in [1.29, 1.82) is 0 Å². The van der Waals surface area contributed by atoms with E-state index >= 15 is 0 Å². The molecular weight excluding hydrogens is 184 g/mol. The topological polar surface area (TPSA) is 66.8 Å². The first-order valence-corrected chi connectivity index (χ1v) is 4.81. The number of carbonyl (C=O) groups is 1. The van der Waals surface area contributed by atoms with E-state index in [0.717, 1.165) is 0 Å². The summed E-state index contributed by atoms with van der Waals surface area (Å²) in [6.07, 6.45) is 3.09. The lowest BCUT2D eigenvalue weighted by atomic mass is 10.0. The van der Waals surface area contributed by atoms with Gasteiger partial charge < -0.3 is 14.9 Å². The van der Waals surface area contributed by atoms with Crippen LogP contribution in [-0.4, -0.2) is 34.5 Å². The standard InChI is InChI=1S/C10H16O4/c1-7(11)5-8(12)6-9-3-2-4-10(13)14-9/h2,4,7-9,11-12H,3,5-6H2,1H3/t7-,8-,9+/m1/s1. The molecular formula is C10H16O4. The van der Waals surface area contributed by atoms with Crippen molar-refractivity contribution < 1.29 is 19.7 Å². The molecule has 80 valence electrons. The molecule has 4 nitrogen and oxygen atoms in total. The average Bonchev–Trinajstić information content (AvgIpc) is 2.01. The third-order valence-corrected chi connectivity index (χ3v) is 2.08. The summed E-state index contributed by atoms with van der Waals surface area (Å²) in [6, 6.07) is 0.